The summed E-state index contributed by atoms with van der Waals surface area (Å²) >= 11 is 0. The van der Waals surface area contributed by atoms with Gasteiger partial charge in [-0.1, -0.05) is 37.5 Å². The van der Waals surface area contributed by atoms with Gasteiger partial charge in [-0.15, -0.1) is 0 Å². The van der Waals surface area contributed by atoms with Crippen LogP contribution in [0.15, 0.2) is 52.6 Å². The highest BCUT2D eigenvalue weighted by atomic mass is 32.2. The largest absolute Gasteiger partial charge is 0.496 e. The molecule has 39 heavy (non-hydrogen) atoms. The Morgan fingerprint density at radius 2 is 1.87 bits per heavy atom. The summed E-state index contributed by atoms with van der Waals surface area (Å²) in [5.74, 6) is -1.49. The molecular weight excluding hydrogens is 516 g/mol. The lowest BCUT2D eigenvalue weighted by molar-refractivity contribution is -0.142. The number of nitrogens with zero attached hydrogens (tertiary/aromatic N) is 1. The normalized spacial score (nSPS) is 24.6. The summed E-state index contributed by atoms with van der Waals surface area (Å²) in [5.41, 5.74) is 5.90. The van der Waals surface area contributed by atoms with E-state index in [0.29, 0.717) is 37.3 Å². The Hall–Kier alpha value is -3.33. The summed E-state index contributed by atoms with van der Waals surface area (Å²) < 4.78 is 35.4. The molecule has 2 aromatic rings. The maximum absolute atomic E-state index is 13.3. The summed E-state index contributed by atoms with van der Waals surface area (Å²) in [4.78, 5) is 25.8. The first-order valence-electron chi connectivity index (χ1n) is 13.9. The Labute approximate surface area is 227 Å². The number of hydrogen-bond acceptors (Lipinski definition) is 5. The number of nitrogens with one attached hydrogen (secondary N) is 1. The van der Waals surface area contributed by atoms with Gasteiger partial charge < -0.3 is 14.4 Å². The standard InChI is InChI=1S/C30H32N2O6S/c1-38-24-13-12-18(16-6-3-2-4-7-16)28-21(24)14-23-25-19(8-5-9-20(25)30(34)35)26-22(15-32(23)28)27(26)29(33)31-39(36,37)17-10-11-17/h5,8,12-14,16-17,20,25H,2-4,6-7,9-11,15H2,1H3,(H,31,33)(H,34,35)/t20-,25?/m1/s1. The number of allylic oxidation sites excluding steroid dienone is 4. The lowest BCUT2D eigenvalue weighted by Crippen LogP contribution is -2.33. The van der Waals surface area contributed by atoms with Crippen molar-refractivity contribution >= 4 is 32.8 Å². The van der Waals surface area contributed by atoms with Crippen LogP contribution >= 0.6 is 0 Å². The minimum absolute atomic E-state index is 0.387. The fourth-order valence-electron chi connectivity index (χ4n) is 7.15. The van der Waals surface area contributed by atoms with Gasteiger partial charge in [-0.05, 0) is 72.4 Å². The number of rotatable bonds is 6. The summed E-state index contributed by atoms with van der Waals surface area (Å²) in [7, 11) is -2.05. The van der Waals surface area contributed by atoms with E-state index in [9.17, 15) is 23.1 Å². The number of carboxylic acids is 1. The van der Waals surface area contributed by atoms with E-state index in [1.54, 1.807) is 7.11 Å². The molecule has 1 aromatic carbocycles. The Morgan fingerprint density at radius 1 is 1.10 bits per heavy atom. The number of ether oxygens (including phenoxy) is 1. The van der Waals surface area contributed by atoms with Crippen molar-refractivity contribution < 1.29 is 27.9 Å². The molecule has 0 bridgehead atoms. The number of amides is 1. The molecule has 2 heterocycles. The minimum atomic E-state index is -3.70. The van der Waals surface area contributed by atoms with Crippen LogP contribution in [0, 0.1) is 5.92 Å². The van der Waals surface area contributed by atoms with Crippen LogP contribution in [-0.2, 0) is 26.2 Å². The number of sulfonamides is 1. The first-order valence-corrected chi connectivity index (χ1v) is 15.5. The van der Waals surface area contributed by atoms with Gasteiger partial charge >= 0.3 is 5.97 Å². The number of hydrogen-bond donors (Lipinski definition) is 2. The van der Waals surface area contributed by atoms with E-state index in [1.807, 2.05) is 18.2 Å². The average molecular weight is 549 g/mol. The second-order valence-corrected chi connectivity index (χ2v) is 13.5. The van der Waals surface area contributed by atoms with E-state index < -0.39 is 39.0 Å². The van der Waals surface area contributed by atoms with Gasteiger partial charge in [0.1, 0.15) is 5.75 Å². The predicted molar refractivity (Wildman–Crippen MR) is 146 cm³/mol. The van der Waals surface area contributed by atoms with Crippen molar-refractivity contribution in [2.75, 3.05) is 7.11 Å². The van der Waals surface area contributed by atoms with E-state index in [2.05, 4.69) is 21.4 Å². The molecule has 2 atom stereocenters. The number of aromatic nitrogens is 1. The molecule has 0 radical (unpaired) electrons. The first-order chi connectivity index (χ1) is 18.8. The lowest BCUT2D eigenvalue weighted by Gasteiger charge is -2.29. The quantitative estimate of drug-likeness (QED) is 0.542. The zero-order chi connectivity index (χ0) is 27.1. The fraction of sp³-hybridized carbons (Fsp3) is 0.467. The second kappa shape index (κ2) is 8.84. The molecule has 0 saturated heterocycles. The van der Waals surface area contributed by atoms with E-state index >= 15 is 0 Å². The molecular formula is C30H32N2O6S. The topological polar surface area (TPSA) is 115 Å². The molecule has 2 N–H and O–H groups in total. The van der Waals surface area contributed by atoms with Crippen LogP contribution in [0.3, 0.4) is 0 Å². The van der Waals surface area contributed by atoms with Crippen LogP contribution in [0.2, 0.25) is 0 Å². The molecule has 2 saturated carbocycles. The number of carbonyl (C=O) groups is 2. The SMILES string of the molecule is COc1ccc(C2CCCCC2)c2c1cc1n2CC2=C(C(=O)NS(=O)(=O)C3CC3)C2=C2C=CC[C@@H](C(=O)O)C21. The molecule has 5 aliphatic rings. The third-order valence-corrected chi connectivity index (χ3v) is 11.0. The Morgan fingerprint density at radius 3 is 2.56 bits per heavy atom. The van der Waals surface area contributed by atoms with Crippen LogP contribution in [0.4, 0.5) is 0 Å². The maximum atomic E-state index is 13.3. The summed E-state index contributed by atoms with van der Waals surface area (Å²) in [5, 5.41) is 10.7. The van der Waals surface area contributed by atoms with Crippen LogP contribution in [0.5, 0.6) is 5.75 Å². The van der Waals surface area contributed by atoms with Gasteiger partial charge in [0.15, 0.2) is 0 Å². The van der Waals surface area contributed by atoms with Gasteiger partial charge in [0.2, 0.25) is 10.0 Å². The molecule has 4 aliphatic carbocycles. The van der Waals surface area contributed by atoms with Gasteiger partial charge in [0.05, 0.1) is 29.4 Å². The van der Waals surface area contributed by atoms with Crippen molar-refractivity contribution in [2.45, 2.75) is 75.0 Å². The zero-order valence-electron chi connectivity index (χ0n) is 21.9. The maximum Gasteiger partial charge on any atom is 0.307 e. The van der Waals surface area contributed by atoms with Gasteiger partial charge in [-0.3, -0.25) is 9.59 Å². The number of benzene rings is 1. The molecule has 9 heteroatoms. The van der Waals surface area contributed by atoms with Crippen LogP contribution in [0.25, 0.3) is 10.9 Å². The number of methoxy groups -OCH3 is 1. The highest BCUT2D eigenvalue weighted by Gasteiger charge is 2.48. The van der Waals surface area contributed by atoms with E-state index in [4.69, 9.17) is 4.74 Å². The Bertz CT molecular complexity index is 1630. The summed E-state index contributed by atoms with van der Waals surface area (Å²) in [6.07, 6.45) is 11.1. The average Bonchev–Trinajstić information content (AvgIpc) is 3.84. The van der Waals surface area contributed by atoms with E-state index in [0.717, 1.165) is 51.9 Å². The lowest BCUT2D eigenvalue weighted by atomic mass is 9.76. The molecule has 1 aromatic heterocycles. The minimum Gasteiger partial charge on any atom is -0.496 e. The fourth-order valence-corrected chi connectivity index (χ4v) is 8.43. The smallest absolute Gasteiger partial charge is 0.307 e. The zero-order valence-corrected chi connectivity index (χ0v) is 22.7. The molecule has 8 nitrogen and oxygen atoms in total. The van der Waals surface area contributed by atoms with Gasteiger partial charge in [0, 0.05) is 23.5 Å². The number of fused-ring (bicyclic) bond motifs is 6. The van der Waals surface area contributed by atoms with Crippen molar-refractivity contribution in [1.29, 1.82) is 0 Å². The van der Waals surface area contributed by atoms with Crippen molar-refractivity contribution in [3.63, 3.8) is 0 Å². The predicted octanol–water partition coefficient (Wildman–Crippen LogP) is 4.67. The van der Waals surface area contributed by atoms with Crippen molar-refractivity contribution in [1.82, 2.24) is 9.29 Å². The Balaban J connectivity index is 1.42. The third-order valence-electron chi connectivity index (χ3n) is 9.23. The third kappa shape index (κ3) is 3.88. The van der Waals surface area contributed by atoms with Crippen LogP contribution in [-0.4, -0.2) is 42.3 Å². The van der Waals surface area contributed by atoms with Crippen molar-refractivity contribution in [3.05, 3.63) is 63.9 Å². The Kier molecular flexibility index (Phi) is 5.60. The number of carboxylic acid groups (broad SMARTS) is 1. The second-order valence-electron chi connectivity index (χ2n) is 11.5. The summed E-state index contributed by atoms with van der Waals surface area (Å²) in [6.45, 7) is 0.396. The summed E-state index contributed by atoms with van der Waals surface area (Å²) in [6, 6.07) is 6.25. The van der Waals surface area contributed by atoms with Crippen molar-refractivity contribution in [3.8, 4) is 5.75 Å². The molecule has 0 spiro atoms. The van der Waals surface area contributed by atoms with Gasteiger partial charge in [-0.25, -0.2) is 13.1 Å². The van der Waals surface area contributed by atoms with Crippen LogP contribution < -0.4 is 9.46 Å². The van der Waals surface area contributed by atoms with Crippen LogP contribution in [0.1, 0.15) is 74.5 Å². The molecule has 1 unspecified atom stereocenters. The van der Waals surface area contributed by atoms with E-state index in [-0.39, 0.29) is 0 Å². The van der Waals surface area contributed by atoms with Gasteiger partial charge in [-0.2, -0.15) is 0 Å². The van der Waals surface area contributed by atoms with Crippen molar-refractivity contribution in [2.24, 2.45) is 5.92 Å². The first kappa shape index (κ1) is 24.7. The van der Waals surface area contributed by atoms with Gasteiger partial charge in [0.25, 0.3) is 5.91 Å². The highest BCUT2D eigenvalue weighted by Crippen LogP contribution is 2.55. The molecule has 204 valence electrons. The molecule has 1 aliphatic heterocycles. The molecule has 1 amide bonds. The molecule has 2 fully saturated rings. The highest BCUT2D eigenvalue weighted by molar-refractivity contribution is 7.91. The number of aliphatic carboxylic acids is 1. The monoisotopic (exact) mass is 548 g/mol. The number of carbonyl (C=O) groups excluding carboxylic acids is 1. The molecule has 7 rings (SSSR count). The van der Waals surface area contributed by atoms with E-state index in [1.165, 1.54) is 24.8 Å².